The Morgan fingerprint density at radius 3 is 2.50 bits per heavy atom. The van der Waals surface area contributed by atoms with E-state index in [1.54, 1.807) is 19.1 Å². The van der Waals surface area contributed by atoms with E-state index in [4.69, 9.17) is 0 Å². The van der Waals surface area contributed by atoms with Crippen LogP contribution in [0.25, 0.3) is 0 Å². The Balaban J connectivity index is 0.00000338. The van der Waals surface area contributed by atoms with Gasteiger partial charge >= 0.3 is 6.61 Å². The summed E-state index contributed by atoms with van der Waals surface area (Å²) >= 11 is 0. The van der Waals surface area contributed by atoms with Crippen molar-refractivity contribution in [2.24, 2.45) is 4.99 Å². The summed E-state index contributed by atoms with van der Waals surface area (Å²) in [6.45, 7) is 4.54. The number of hydrogen-bond acceptors (Lipinski definition) is 3. The molecule has 0 bridgehead atoms. The Bertz CT molecular complexity index is 608. The van der Waals surface area contributed by atoms with Gasteiger partial charge in [-0.15, -0.1) is 24.0 Å². The molecule has 0 radical (unpaired) electrons. The van der Waals surface area contributed by atoms with E-state index in [9.17, 15) is 13.6 Å². The first-order valence-electron chi connectivity index (χ1n) is 8.32. The van der Waals surface area contributed by atoms with Crippen LogP contribution in [0, 0.1) is 0 Å². The monoisotopic (exact) mass is 482 g/mol. The third kappa shape index (κ3) is 6.93. The van der Waals surface area contributed by atoms with Gasteiger partial charge in [-0.3, -0.25) is 4.79 Å². The van der Waals surface area contributed by atoms with Gasteiger partial charge in [0.15, 0.2) is 5.96 Å². The second-order valence-electron chi connectivity index (χ2n) is 5.69. The summed E-state index contributed by atoms with van der Waals surface area (Å²) in [5, 5.41) is 3.23. The van der Waals surface area contributed by atoms with Crippen molar-refractivity contribution in [2.75, 3.05) is 32.7 Å². The van der Waals surface area contributed by atoms with Gasteiger partial charge in [0.25, 0.3) is 0 Å². The van der Waals surface area contributed by atoms with Crippen LogP contribution in [-0.4, -0.2) is 61.0 Å². The van der Waals surface area contributed by atoms with Crippen LogP contribution in [0.4, 0.5) is 8.78 Å². The van der Waals surface area contributed by atoms with Crippen LogP contribution in [-0.2, 0) is 11.3 Å². The van der Waals surface area contributed by atoms with E-state index in [-0.39, 0.29) is 35.6 Å². The Hall–Kier alpha value is -1.65. The summed E-state index contributed by atoms with van der Waals surface area (Å²) in [6, 6.07) is 6.54. The molecule has 1 heterocycles. The van der Waals surface area contributed by atoms with Gasteiger partial charge in [-0.25, -0.2) is 4.99 Å². The number of amides is 1. The van der Waals surface area contributed by atoms with Gasteiger partial charge < -0.3 is 19.9 Å². The van der Waals surface area contributed by atoms with Crippen molar-refractivity contribution in [1.82, 2.24) is 15.1 Å². The fraction of sp³-hybridized carbons (Fsp3) is 0.529. The van der Waals surface area contributed by atoms with E-state index in [0.717, 1.165) is 18.1 Å². The fourth-order valence-corrected chi connectivity index (χ4v) is 2.65. The summed E-state index contributed by atoms with van der Waals surface area (Å²) in [5.74, 6) is 0.964. The van der Waals surface area contributed by atoms with Gasteiger partial charge in [-0.1, -0.05) is 12.1 Å². The van der Waals surface area contributed by atoms with Crippen LogP contribution >= 0.6 is 24.0 Å². The van der Waals surface area contributed by atoms with Crippen LogP contribution in [0.5, 0.6) is 5.75 Å². The van der Waals surface area contributed by atoms with Crippen LogP contribution in [0.2, 0.25) is 0 Å². The van der Waals surface area contributed by atoms with E-state index in [1.807, 2.05) is 17.9 Å². The second kappa shape index (κ2) is 11.1. The summed E-state index contributed by atoms with van der Waals surface area (Å²) in [5.41, 5.74) is 0.788. The number of nitrogens with zero attached hydrogens (tertiary/aromatic N) is 3. The van der Waals surface area contributed by atoms with E-state index in [1.165, 1.54) is 6.07 Å². The molecule has 0 unspecified atom stereocenters. The van der Waals surface area contributed by atoms with Gasteiger partial charge in [0.2, 0.25) is 5.91 Å². The molecule has 146 valence electrons. The van der Waals surface area contributed by atoms with Crippen molar-refractivity contribution in [2.45, 2.75) is 27.0 Å². The predicted molar refractivity (Wildman–Crippen MR) is 107 cm³/mol. The van der Waals surface area contributed by atoms with Gasteiger partial charge in [0.05, 0.1) is 6.54 Å². The zero-order valence-electron chi connectivity index (χ0n) is 15.0. The maximum absolute atomic E-state index is 12.3. The minimum absolute atomic E-state index is 0. The first-order valence-corrected chi connectivity index (χ1v) is 8.32. The fourth-order valence-electron chi connectivity index (χ4n) is 2.65. The molecule has 0 spiro atoms. The number of ether oxygens (including phenoxy) is 1. The maximum Gasteiger partial charge on any atom is 0.387 e. The topological polar surface area (TPSA) is 57.2 Å². The lowest BCUT2D eigenvalue weighted by Gasteiger charge is -2.36. The number of carbonyl (C=O) groups excluding carboxylic acids is 1. The highest BCUT2D eigenvalue weighted by Gasteiger charge is 2.20. The molecule has 1 fully saturated rings. The SMILES string of the molecule is CCNC(=NCc1cccc(OC(F)F)c1)N1CCN(C(C)=O)CC1.I. The molecule has 0 aromatic heterocycles. The third-order valence-corrected chi connectivity index (χ3v) is 3.89. The Morgan fingerprint density at radius 1 is 1.27 bits per heavy atom. The minimum atomic E-state index is -2.84. The number of halogens is 3. The molecule has 1 aliphatic heterocycles. The van der Waals surface area contributed by atoms with Crippen molar-refractivity contribution in [1.29, 1.82) is 0 Å². The van der Waals surface area contributed by atoms with Crippen molar-refractivity contribution in [3.63, 3.8) is 0 Å². The summed E-state index contributed by atoms with van der Waals surface area (Å²) in [6.07, 6.45) is 0. The third-order valence-electron chi connectivity index (χ3n) is 3.89. The molecule has 26 heavy (non-hydrogen) atoms. The molecule has 1 saturated heterocycles. The first kappa shape index (κ1) is 22.4. The number of nitrogens with one attached hydrogen (secondary N) is 1. The average molecular weight is 482 g/mol. The summed E-state index contributed by atoms with van der Waals surface area (Å²) < 4.78 is 29.0. The van der Waals surface area contributed by atoms with Crippen LogP contribution < -0.4 is 10.1 Å². The normalized spacial score (nSPS) is 14.9. The van der Waals surface area contributed by atoms with Crippen molar-refractivity contribution in [3.05, 3.63) is 29.8 Å². The average Bonchev–Trinajstić information content (AvgIpc) is 2.58. The Kier molecular flexibility index (Phi) is 9.60. The zero-order valence-corrected chi connectivity index (χ0v) is 17.3. The highest BCUT2D eigenvalue weighted by atomic mass is 127. The second-order valence-corrected chi connectivity index (χ2v) is 5.69. The van der Waals surface area contributed by atoms with Crippen LogP contribution in [0.15, 0.2) is 29.3 Å². The molecule has 0 aliphatic carbocycles. The summed E-state index contributed by atoms with van der Waals surface area (Å²) in [4.78, 5) is 19.9. The predicted octanol–water partition coefficient (Wildman–Crippen LogP) is 2.54. The zero-order chi connectivity index (χ0) is 18.2. The molecular weight excluding hydrogens is 457 g/mol. The van der Waals surface area contributed by atoms with Crippen molar-refractivity contribution >= 4 is 35.8 Å². The Labute approximate surface area is 169 Å². The lowest BCUT2D eigenvalue weighted by Crippen LogP contribution is -2.53. The maximum atomic E-state index is 12.3. The van der Waals surface area contributed by atoms with Crippen molar-refractivity contribution in [3.8, 4) is 5.75 Å². The number of hydrogen-bond donors (Lipinski definition) is 1. The lowest BCUT2D eigenvalue weighted by molar-refractivity contribution is -0.130. The number of carbonyl (C=O) groups is 1. The molecular formula is C17H25F2IN4O2. The molecule has 6 nitrogen and oxygen atoms in total. The van der Waals surface area contributed by atoms with E-state index in [2.05, 4.69) is 19.9 Å². The number of alkyl halides is 2. The molecule has 2 rings (SSSR count). The van der Waals surface area contributed by atoms with E-state index < -0.39 is 6.61 Å². The molecule has 1 aromatic carbocycles. The molecule has 1 aromatic rings. The molecule has 1 N–H and O–H groups in total. The highest BCUT2D eigenvalue weighted by molar-refractivity contribution is 14.0. The van der Waals surface area contributed by atoms with Gasteiger partial charge in [-0.2, -0.15) is 8.78 Å². The quantitative estimate of drug-likeness (QED) is 0.398. The lowest BCUT2D eigenvalue weighted by atomic mass is 10.2. The minimum Gasteiger partial charge on any atom is -0.435 e. The van der Waals surface area contributed by atoms with Gasteiger partial charge in [-0.05, 0) is 24.6 Å². The van der Waals surface area contributed by atoms with E-state index in [0.29, 0.717) is 32.7 Å². The molecule has 9 heteroatoms. The smallest absolute Gasteiger partial charge is 0.387 e. The molecule has 1 aliphatic rings. The van der Waals surface area contributed by atoms with Crippen LogP contribution in [0.1, 0.15) is 19.4 Å². The largest absolute Gasteiger partial charge is 0.435 e. The number of rotatable bonds is 5. The van der Waals surface area contributed by atoms with E-state index >= 15 is 0 Å². The van der Waals surface area contributed by atoms with Crippen molar-refractivity contribution < 1.29 is 18.3 Å². The standard InChI is InChI=1S/C17H24F2N4O2.HI/c1-3-20-17(23-9-7-22(8-10-23)13(2)24)21-12-14-5-4-6-15(11-14)25-16(18)19;/h4-6,11,16H,3,7-10,12H2,1-2H3,(H,20,21);1H. The number of guanidine groups is 1. The van der Waals surface area contributed by atoms with Gasteiger partial charge in [0.1, 0.15) is 5.75 Å². The van der Waals surface area contributed by atoms with Gasteiger partial charge in [0, 0.05) is 39.6 Å². The highest BCUT2D eigenvalue weighted by Crippen LogP contribution is 2.16. The van der Waals surface area contributed by atoms with Crippen LogP contribution in [0.3, 0.4) is 0 Å². The number of aliphatic imine (C=N–C) groups is 1. The first-order chi connectivity index (χ1) is 12.0. The number of benzene rings is 1. The molecule has 1 amide bonds. The molecule has 0 atom stereocenters. The number of piperazine rings is 1. The Morgan fingerprint density at radius 2 is 1.92 bits per heavy atom. The summed E-state index contributed by atoms with van der Waals surface area (Å²) in [7, 11) is 0. The molecule has 0 saturated carbocycles.